The number of nitrogens with zero attached hydrogens (tertiary/aromatic N) is 4. The first-order valence-corrected chi connectivity index (χ1v) is 9.38. The average Bonchev–Trinajstić information content (AvgIpc) is 3.26. The van der Waals surface area contributed by atoms with Gasteiger partial charge in [0.2, 0.25) is 0 Å². The van der Waals surface area contributed by atoms with Crippen molar-refractivity contribution in [2.75, 3.05) is 5.32 Å². The monoisotopic (exact) mass is 364 g/mol. The number of carbonyl (C=O) groups is 1. The van der Waals surface area contributed by atoms with E-state index < -0.39 is 0 Å². The molecule has 140 valence electrons. The molecule has 3 aromatic rings. The van der Waals surface area contributed by atoms with Crippen molar-refractivity contribution in [3.63, 3.8) is 0 Å². The van der Waals surface area contributed by atoms with Gasteiger partial charge in [-0.1, -0.05) is 13.0 Å². The van der Waals surface area contributed by atoms with E-state index >= 15 is 0 Å². The number of anilines is 1. The van der Waals surface area contributed by atoms with Crippen LogP contribution in [0.15, 0.2) is 30.6 Å². The number of amides is 1. The molecule has 0 aromatic carbocycles. The highest BCUT2D eigenvalue weighted by molar-refractivity contribution is 6.07. The molecule has 27 heavy (non-hydrogen) atoms. The summed E-state index contributed by atoms with van der Waals surface area (Å²) in [6.07, 6.45) is 7.40. The zero-order valence-electron chi connectivity index (χ0n) is 15.9. The Morgan fingerprint density at radius 2 is 2.19 bits per heavy atom. The van der Waals surface area contributed by atoms with Crippen molar-refractivity contribution >= 4 is 11.7 Å². The van der Waals surface area contributed by atoms with Crippen molar-refractivity contribution in [3.8, 4) is 11.3 Å². The molecule has 1 amide bonds. The normalized spacial score (nSPS) is 13.6. The lowest BCUT2D eigenvalue weighted by molar-refractivity contribution is 0.102. The largest absolute Gasteiger partial charge is 0.304 e. The number of carbonyl (C=O) groups excluding carboxylic acids is 1. The number of H-pyrrole nitrogens is 1. The highest BCUT2D eigenvalue weighted by atomic mass is 16.2. The third-order valence-electron chi connectivity index (χ3n) is 5.37. The molecule has 0 unspecified atom stereocenters. The molecule has 0 spiro atoms. The first-order chi connectivity index (χ1) is 13.0. The zero-order valence-corrected chi connectivity index (χ0v) is 15.9. The van der Waals surface area contributed by atoms with Gasteiger partial charge in [0.25, 0.3) is 5.91 Å². The van der Waals surface area contributed by atoms with Gasteiger partial charge >= 0.3 is 0 Å². The number of aromatic amines is 1. The SMILES string of the molecule is CCC(C)(C)n1ccc(NC(=O)c2n[nH]c3c2-c2ncccc2CCC3)n1. The smallest absolute Gasteiger partial charge is 0.278 e. The van der Waals surface area contributed by atoms with E-state index in [2.05, 4.69) is 52.4 Å². The molecule has 0 aliphatic heterocycles. The van der Waals surface area contributed by atoms with Crippen molar-refractivity contribution < 1.29 is 4.79 Å². The zero-order chi connectivity index (χ0) is 19.0. The summed E-state index contributed by atoms with van der Waals surface area (Å²) in [6, 6.07) is 5.82. The Bertz CT molecular complexity index is 984. The number of rotatable bonds is 4. The van der Waals surface area contributed by atoms with Gasteiger partial charge in [-0.25, -0.2) is 0 Å². The minimum absolute atomic E-state index is 0.102. The molecule has 2 N–H and O–H groups in total. The Morgan fingerprint density at radius 3 is 3.00 bits per heavy atom. The lowest BCUT2D eigenvalue weighted by Crippen LogP contribution is -2.26. The molecule has 1 aliphatic rings. The van der Waals surface area contributed by atoms with Gasteiger partial charge in [0, 0.05) is 24.2 Å². The van der Waals surface area contributed by atoms with Crippen LogP contribution in [0.1, 0.15) is 55.4 Å². The fourth-order valence-corrected chi connectivity index (χ4v) is 3.36. The lowest BCUT2D eigenvalue weighted by Gasteiger charge is -2.23. The molecule has 0 bridgehead atoms. The number of hydrogen-bond donors (Lipinski definition) is 2. The summed E-state index contributed by atoms with van der Waals surface area (Å²) >= 11 is 0. The molecule has 0 radical (unpaired) electrons. The third kappa shape index (κ3) is 3.13. The van der Waals surface area contributed by atoms with Gasteiger partial charge in [-0.3, -0.25) is 19.6 Å². The van der Waals surface area contributed by atoms with Crippen molar-refractivity contribution in [1.29, 1.82) is 0 Å². The summed E-state index contributed by atoms with van der Waals surface area (Å²) < 4.78 is 1.88. The van der Waals surface area contributed by atoms with E-state index in [0.29, 0.717) is 11.5 Å². The van der Waals surface area contributed by atoms with Crippen LogP contribution in [0.25, 0.3) is 11.3 Å². The van der Waals surface area contributed by atoms with Crippen LogP contribution < -0.4 is 5.32 Å². The fraction of sp³-hybridized carbons (Fsp3) is 0.400. The maximum absolute atomic E-state index is 12.9. The van der Waals surface area contributed by atoms with Crippen molar-refractivity contribution in [3.05, 3.63) is 47.5 Å². The summed E-state index contributed by atoms with van der Waals surface area (Å²) in [4.78, 5) is 17.5. The Kier molecular flexibility index (Phi) is 4.30. The summed E-state index contributed by atoms with van der Waals surface area (Å²) in [5, 5.41) is 14.7. The Labute approximate surface area is 158 Å². The summed E-state index contributed by atoms with van der Waals surface area (Å²) in [5.41, 5.74) is 4.05. The van der Waals surface area contributed by atoms with Gasteiger partial charge in [0.05, 0.1) is 16.8 Å². The predicted molar refractivity (Wildman–Crippen MR) is 104 cm³/mol. The Hall–Kier alpha value is -2.96. The maximum Gasteiger partial charge on any atom is 0.278 e. The van der Waals surface area contributed by atoms with Crippen LogP contribution in [-0.4, -0.2) is 30.9 Å². The molecule has 7 heteroatoms. The molecule has 4 rings (SSSR count). The van der Waals surface area contributed by atoms with E-state index in [1.807, 2.05) is 23.0 Å². The van der Waals surface area contributed by atoms with E-state index in [1.54, 1.807) is 6.20 Å². The second kappa shape index (κ2) is 6.64. The van der Waals surface area contributed by atoms with E-state index in [-0.39, 0.29) is 11.4 Å². The molecule has 0 fully saturated rings. The topological polar surface area (TPSA) is 88.5 Å². The molecule has 3 aromatic heterocycles. The van der Waals surface area contributed by atoms with Crippen LogP contribution in [0, 0.1) is 0 Å². The van der Waals surface area contributed by atoms with Crippen LogP contribution in [0.2, 0.25) is 0 Å². The van der Waals surface area contributed by atoms with Gasteiger partial charge in [-0.05, 0) is 51.2 Å². The van der Waals surface area contributed by atoms with Gasteiger partial charge in [0.15, 0.2) is 11.5 Å². The van der Waals surface area contributed by atoms with Crippen LogP contribution in [0.4, 0.5) is 5.82 Å². The second-order valence-electron chi connectivity index (χ2n) is 7.56. The molecule has 3 heterocycles. The molecular formula is C20H24N6O. The van der Waals surface area contributed by atoms with Crippen molar-refractivity contribution in [2.24, 2.45) is 0 Å². The molecule has 1 aliphatic carbocycles. The molecule has 7 nitrogen and oxygen atoms in total. The van der Waals surface area contributed by atoms with E-state index in [4.69, 9.17) is 0 Å². The first-order valence-electron chi connectivity index (χ1n) is 9.38. The van der Waals surface area contributed by atoms with Gasteiger partial charge in [0.1, 0.15) is 0 Å². The van der Waals surface area contributed by atoms with Crippen LogP contribution in [-0.2, 0) is 18.4 Å². The minimum Gasteiger partial charge on any atom is -0.304 e. The van der Waals surface area contributed by atoms with Gasteiger partial charge in [-0.15, -0.1) is 0 Å². The van der Waals surface area contributed by atoms with Crippen molar-refractivity contribution in [2.45, 2.75) is 52.0 Å². The first kappa shape index (κ1) is 17.5. The molecule has 0 saturated carbocycles. The summed E-state index contributed by atoms with van der Waals surface area (Å²) in [6.45, 7) is 6.34. The van der Waals surface area contributed by atoms with E-state index in [1.165, 1.54) is 0 Å². The third-order valence-corrected chi connectivity index (χ3v) is 5.37. The van der Waals surface area contributed by atoms with Gasteiger partial charge < -0.3 is 5.32 Å². The second-order valence-corrected chi connectivity index (χ2v) is 7.56. The Balaban J connectivity index is 1.65. The van der Waals surface area contributed by atoms with Crippen LogP contribution in [0.5, 0.6) is 0 Å². The summed E-state index contributed by atoms with van der Waals surface area (Å²) in [5.74, 6) is 0.249. The van der Waals surface area contributed by atoms with E-state index in [0.717, 1.165) is 48.2 Å². The predicted octanol–water partition coefficient (Wildman–Crippen LogP) is 3.55. The number of aryl methyl sites for hydroxylation is 2. The number of fused-ring (bicyclic) bond motifs is 3. The maximum atomic E-state index is 12.9. The fourth-order valence-electron chi connectivity index (χ4n) is 3.36. The molecular weight excluding hydrogens is 340 g/mol. The Morgan fingerprint density at radius 1 is 1.33 bits per heavy atom. The lowest BCUT2D eigenvalue weighted by atomic mass is 10.0. The van der Waals surface area contributed by atoms with E-state index in [9.17, 15) is 4.79 Å². The number of aromatic nitrogens is 5. The summed E-state index contributed by atoms with van der Waals surface area (Å²) in [7, 11) is 0. The highest BCUT2D eigenvalue weighted by Crippen LogP contribution is 2.32. The number of hydrogen-bond acceptors (Lipinski definition) is 4. The highest BCUT2D eigenvalue weighted by Gasteiger charge is 2.26. The molecule has 0 saturated heterocycles. The molecule has 0 atom stereocenters. The van der Waals surface area contributed by atoms with Gasteiger partial charge in [-0.2, -0.15) is 10.2 Å². The average molecular weight is 364 g/mol. The standard InChI is InChI=1S/C20H24N6O/c1-4-20(2,3)26-12-10-15(25-26)22-19(27)18-16-14(23-24-18)9-5-7-13-8-6-11-21-17(13)16/h6,8,10-12H,4-5,7,9H2,1-3H3,(H,23,24)(H,22,25,27). The van der Waals surface area contributed by atoms with Crippen LogP contribution >= 0.6 is 0 Å². The van der Waals surface area contributed by atoms with Crippen LogP contribution in [0.3, 0.4) is 0 Å². The van der Waals surface area contributed by atoms with Crippen molar-refractivity contribution in [1.82, 2.24) is 25.0 Å². The number of pyridine rings is 1. The quantitative estimate of drug-likeness (QED) is 0.741. The number of nitrogens with one attached hydrogen (secondary N) is 2. The minimum atomic E-state index is -0.273.